The average Bonchev–Trinajstić information content (AvgIpc) is 2.98. The van der Waals surface area contributed by atoms with E-state index in [1.165, 1.54) is 13.2 Å². The van der Waals surface area contributed by atoms with Crippen molar-refractivity contribution in [1.82, 2.24) is 10.6 Å². The largest absolute Gasteiger partial charge is 0.505 e. The van der Waals surface area contributed by atoms with Gasteiger partial charge in [-0.05, 0) is 12.1 Å². The molecule has 2 aromatic carbocycles. The van der Waals surface area contributed by atoms with Gasteiger partial charge < -0.3 is 25.8 Å². The number of amides is 3. The highest BCUT2D eigenvalue weighted by Gasteiger charge is 2.40. The monoisotopic (exact) mass is 395 g/mol. The van der Waals surface area contributed by atoms with E-state index in [1.807, 2.05) is 0 Å². The molecule has 2 atom stereocenters. The van der Waals surface area contributed by atoms with Crippen molar-refractivity contribution in [2.45, 2.75) is 12.0 Å². The minimum Gasteiger partial charge on any atom is -0.505 e. The summed E-state index contributed by atoms with van der Waals surface area (Å²) in [6, 6.07) is 2.98. The predicted octanol–water partition coefficient (Wildman–Crippen LogP) is 2.22. The number of phenols is 1. The van der Waals surface area contributed by atoms with Gasteiger partial charge >= 0.3 is 6.03 Å². The van der Waals surface area contributed by atoms with E-state index in [4.69, 9.17) is 4.74 Å². The minimum atomic E-state index is -1.24. The maximum Gasteiger partial charge on any atom is 0.319 e. The first kappa shape index (κ1) is 19.3. The Morgan fingerprint density at radius 3 is 2.46 bits per heavy atom. The summed E-state index contributed by atoms with van der Waals surface area (Å²) in [7, 11) is 1.26. The van der Waals surface area contributed by atoms with Gasteiger partial charge in [0, 0.05) is 41.9 Å². The number of anilines is 1. The molecule has 7 nitrogen and oxygen atoms in total. The van der Waals surface area contributed by atoms with Crippen LogP contribution >= 0.6 is 0 Å². The molecule has 0 spiro atoms. The predicted molar refractivity (Wildman–Crippen MR) is 92.7 cm³/mol. The lowest BCUT2D eigenvalue weighted by Crippen LogP contribution is -2.45. The number of methoxy groups -OCH3 is 1. The summed E-state index contributed by atoms with van der Waals surface area (Å²) in [5, 5.41) is 16.4. The van der Waals surface area contributed by atoms with E-state index in [0.717, 1.165) is 24.3 Å². The highest BCUT2D eigenvalue weighted by Crippen LogP contribution is 2.31. The summed E-state index contributed by atoms with van der Waals surface area (Å²) in [4.78, 5) is 24.2. The van der Waals surface area contributed by atoms with Gasteiger partial charge in [-0.2, -0.15) is 0 Å². The van der Waals surface area contributed by atoms with Gasteiger partial charge in [-0.25, -0.2) is 18.0 Å². The quantitative estimate of drug-likeness (QED) is 0.638. The molecule has 28 heavy (non-hydrogen) atoms. The van der Waals surface area contributed by atoms with Crippen LogP contribution in [0.25, 0.3) is 0 Å². The second kappa shape index (κ2) is 7.67. The fourth-order valence-electron chi connectivity index (χ4n) is 2.99. The zero-order chi connectivity index (χ0) is 20.4. The molecule has 0 aromatic heterocycles. The molecule has 10 heteroatoms. The molecule has 1 fully saturated rings. The Morgan fingerprint density at radius 1 is 1.18 bits per heavy atom. The number of phenolic OH excluding ortho intramolecular Hbond substituents is 1. The van der Waals surface area contributed by atoms with Crippen molar-refractivity contribution in [2.75, 3.05) is 19.0 Å². The van der Waals surface area contributed by atoms with Crippen molar-refractivity contribution in [3.05, 3.63) is 53.3 Å². The van der Waals surface area contributed by atoms with Crippen LogP contribution in [0.1, 0.15) is 11.5 Å². The summed E-state index contributed by atoms with van der Waals surface area (Å²) in [6.45, 7) is -0.0821. The van der Waals surface area contributed by atoms with Crippen LogP contribution in [0, 0.1) is 17.5 Å². The number of hydrogen-bond acceptors (Lipinski definition) is 4. The number of benzene rings is 2. The first-order valence-electron chi connectivity index (χ1n) is 8.17. The second-order valence-corrected chi connectivity index (χ2v) is 6.10. The van der Waals surface area contributed by atoms with E-state index in [0.29, 0.717) is 0 Å². The van der Waals surface area contributed by atoms with E-state index in [2.05, 4.69) is 16.0 Å². The van der Waals surface area contributed by atoms with Gasteiger partial charge in [0.15, 0.2) is 11.6 Å². The molecular weight excluding hydrogens is 379 g/mol. The molecule has 4 N–H and O–H groups in total. The van der Waals surface area contributed by atoms with Crippen molar-refractivity contribution in [3.63, 3.8) is 0 Å². The fraction of sp³-hybridized carbons (Fsp3) is 0.222. The second-order valence-electron chi connectivity index (χ2n) is 6.10. The Hall–Kier alpha value is -3.43. The Kier molecular flexibility index (Phi) is 5.30. The van der Waals surface area contributed by atoms with Crippen LogP contribution in [-0.4, -0.2) is 36.7 Å². The molecule has 0 radical (unpaired) electrons. The van der Waals surface area contributed by atoms with E-state index < -0.39 is 47.1 Å². The standard InChI is InChI=1S/C18H16F3N3O4/c1-28-9-5-12(20)15(13(21)6-9)10-7-22-17(26)16(10)24-18(27)23-8-2-3-11(19)14(25)4-8/h2-6,10,16,25H,7H2,1H3,(H,22,26)(H2,23,24,27)/t10-,16?/m0/s1. The van der Waals surface area contributed by atoms with Crippen molar-refractivity contribution in [2.24, 2.45) is 0 Å². The molecule has 0 aliphatic carbocycles. The Labute approximate surface area is 157 Å². The highest BCUT2D eigenvalue weighted by molar-refractivity contribution is 5.95. The Morgan fingerprint density at radius 2 is 1.86 bits per heavy atom. The molecule has 1 aliphatic rings. The number of ether oxygens (including phenoxy) is 1. The van der Waals surface area contributed by atoms with E-state index in [-0.39, 0.29) is 23.5 Å². The van der Waals surface area contributed by atoms with Gasteiger partial charge in [-0.1, -0.05) is 0 Å². The molecule has 3 amide bonds. The van der Waals surface area contributed by atoms with Crippen molar-refractivity contribution in [3.8, 4) is 11.5 Å². The summed E-state index contributed by atoms with van der Waals surface area (Å²) in [5.74, 6) is -4.98. The maximum absolute atomic E-state index is 14.4. The summed E-state index contributed by atoms with van der Waals surface area (Å²) in [5.41, 5.74) is -0.294. The minimum absolute atomic E-state index is 0.0191. The molecular formula is C18H16F3N3O4. The normalized spacial score (nSPS) is 18.5. The van der Waals surface area contributed by atoms with Crippen molar-refractivity contribution >= 4 is 17.6 Å². The fourth-order valence-corrected chi connectivity index (χ4v) is 2.99. The van der Waals surface area contributed by atoms with Gasteiger partial charge in [0.1, 0.15) is 23.4 Å². The van der Waals surface area contributed by atoms with Crippen LogP contribution in [-0.2, 0) is 4.79 Å². The number of halogens is 3. The number of nitrogens with one attached hydrogen (secondary N) is 3. The summed E-state index contributed by atoms with van der Waals surface area (Å²) < 4.78 is 46.6. The molecule has 3 rings (SSSR count). The number of carbonyl (C=O) groups is 2. The number of hydrogen-bond donors (Lipinski definition) is 4. The first-order valence-corrected chi connectivity index (χ1v) is 8.17. The third kappa shape index (κ3) is 3.80. The molecule has 0 saturated carbocycles. The van der Waals surface area contributed by atoms with Crippen LogP contribution in [0.15, 0.2) is 30.3 Å². The summed E-state index contributed by atoms with van der Waals surface area (Å²) >= 11 is 0. The third-order valence-corrected chi connectivity index (χ3v) is 4.33. The lowest BCUT2D eigenvalue weighted by molar-refractivity contribution is -0.120. The molecule has 2 aromatic rings. The lowest BCUT2D eigenvalue weighted by Gasteiger charge is -2.20. The Balaban J connectivity index is 1.79. The van der Waals surface area contributed by atoms with Crippen LogP contribution in [0.3, 0.4) is 0 Å². The van der Waals surface area contributed by atoms with Gasteiger partial charge in [0.05, 0.1) is 7.11 Å². The molecule has 1 aliphatic heterocycles. The molecule has 148 valence electrons. The van der Waals surface area contributed by atoms with Gasteiger partial charge in [-0.15, -0.1) is 0 Å². The lowest BCUT2D eigenvalue weighted by atomic mass is 9.93. The number of aromatic hydroxyl groups is 1. The molecule has 0 bridgehead atoms. The average molecular weight is 395 g/mol. The van der Waals surface area contributed by atoms with Crippen LogP contribution in [0.2, 0.25) is 0 Å². The van der Waals surface area contributed by atoms with Crippen LogP contribution < -0.4 is 20.7 Å². The smallest absolute Gasteiger partial charge is 0.319 e. The highest BCUT2D eigenvalue weighted by atomic mass is 19.1. The SMILES string of the molecule is COc1cc(F)c([C@@H]2CNC(=O)C2NC(=O)Nc2ccc(F)c(O)c2)c(F)c1. The van der Waals surface area contributed by atoms with Gasteiger partial charge in [0.25, 0.3) is 0 Å². The number of urea groups is 1. The molecule has 1 unspecified atom stereocenters. The molecule has 1 heterocycles. The van der Waals surface area contributed by atoms with E-state index in [9.17, 15) is 27.9 Å². The topological polar surface area (TPSA) is 99.7 Å². The third-order valence-electron chi connectivity index (χ3n) is 4.33. The van der Waals surface area contributed by atoms with E-state index >= 15 is 0 Å². The van der Waals surface area contributed by atoms with Gasteiger partial charge in [0.2, 0.25) is 5.91 Å². The van der Waals surface area contributed by atoms with Crippen molar-refractivity contribution in [1.29, 1.82) is 0 Å². The van der Waals surface area contributed by atoms with E-state index in [1.54, 1.807) is 0 Å². The number of carbonyl (C=O) groups excluding carboxylic acids is 2. The number of rotatable bonds is 4. The zero-order valence-electron chi connectivity index (χ0n) is 14.6. The van der Waals surface area contributed by atoms with Crippen LogP contribution in [0.5, 0.6) is 11.5 Å². The van der Waals surface area contributed by atoms with Gasteiger partial charge in [-0.3, -0.25) is 4.79 Å². The first-order chi connectivity index (χ1) is 13.3. The van der Waals surface area contributed by atoms with Crippen LogP contribution in [0.4, 0.5) is 23.7 Å². The maximum atomic E-state index is 14.4. The zero-order valence-corrected chi connectivity index (χ0v) is 14.6. The van der Waals surface area contributed by atoms with Crippen molar-refractivity contribution < 1.29 is 32.6 Å². The molecule has 1 saturated heterocycles. The summed E-state index contributed by atoms with van der Waals surface area (Å²) in [6.07, 6.45) is 0. The Bertz CT molecular complexity index is 915.